The smallest absolute Gasteiger partial charge is 1.00 e. The molecule has 0 saturated heterocycles. The summed E-state index contributed by atoms with van der Waals surface area (Å²) in [5, 5.41) is 2.75. The van der Waals surface area contributed by atoms with Crippen molar-refractivity contribution in [3.05, 3.63) is 85.6 Å². The molecule has 0 amide bonds. The van der Waals surface area contributed by atoms with E-state index in [1.807, 2.05) is 30.3 Å². The summed E-state index contributed by atoms with van der Waals surface area (Å²) in [7, 11) is 0. The second-order valence-electron chi connectivity index (χ2n) is 4.07. The number of aryl methyl sites for hydroxylation is 2. The van der Waals surface area contributed by atoms with Crippen LogP contribution >= 0.6 is 0 Å². The molecule has 0 aliphatic carbocycles. The molecule has 0 fully saturated rings. The molecule has 3 aromatic carbocycles. The first-order valence-electron chi connectivity index (χ1n) is 6.98. The average Bonchev–Trinajstić information content (AvgIpc) is 3.18. The Morgan fingerprint density at radius 3 is 1.83 bits per heavy atom. The van der Waals surface area contributed by atoms with E-state index in [-0.39, 0.29) is 51.0 Å². The van der Waals surface area contributed by atoms with Gasteiger partial charge in [0.25, 0.3) is 0 Å². The molecule has 0 aromatic heterocycles. The van der Waals surface area contributed by atoms with E-state index in [2.05, 4.69) is 58.0 Å². The summed E-state index contributed by atoms with van der Waals surface area (Å²) in [6.07, 6.45) is 0. The summed E-state index contributed by atoms with van der Waals surface area (Å²) in [5.74, 6) is 0. The molecule has 0 N–H and O–H groups in total. The van der Waals surface area contributed by atoms with E-state index in [0.717, 1.165) is 0 Å². The Kier molecular flexibility index (Phi) is 26.1. The third kappa shape index (κ3) is 11.8. The van der Waals surface area contributed by atoms with Crippen LogP contribution in [0.2, 0.25) is 0 Å². The van der Waals surface area contributed by atoms with E-state index in [0.29, 0.717) is 0 Å². The maximum atomic E-state index is 3.25. The van der Waals surface area contributed by atoms with Crippen LogP contribution in [0.15, 0.2) is 60.7 Å². The van der Waals surface area contributed by atoms with Gasteiger partial charge in [-0.15, -0.1) is 35.0 Å². The van der Waals surface area contributed by atoms with Crippen molar-refractivity contribution in [2.24, 2.45) is 0 Å². The summed E-state index contributed by atoms with van der Waals surface area (Å²) in [4.78, 5) is 0. The number of hydrogen-bond acceptors (Lipinski definition) is 0. The fourth-order valence-electron chi connectivity index (χ4n) is 1.78. The number of rotatable bonds is 0. The van der Waals surface area contributed by atoms with Crippen LogP contribution in [0.25, 0.3) is 10.8 Å². The van der Waals surface area contributed by atoms with Crippen molar-refractivity contribution < 1.29 is 51.0 Å². The van der Waals surface area contributed by atoms with E-state index < -0.39 is 0 Å². The summed E-state index contributed by atoms with van der Waals surface area (Å²) in [6, 6.07) is 20.9. The molecule has 0 spiro atoms. The minimum atomic E-state index is 0. The zero-order valence-electron chi connectivity index (χ0n) is 14.4. The summed E-state index contributed by atoms with van der Waals surface area (Å²) in [5.41, 5.74) is 2.72. The Morgan fingerprint density at radius 2 is 1.39 bits per heavy atom. The maximum Gasteiger partial charge on any atom is 4.00 e. The van der Waals surface area contributed by atoms with Crippen molar-refractivity contribution in [1.82, 2.24) is 0 Å². The third-order valence-electron chi connectivity index (χ3n) is 2.70. The van der Waals surface area contributed by atoms with Crippen LogP contribution in [-0.2, 0) is 26.2 Å². The Hall–Kier alpha value is -0.357. The zero-order chi connectivity index (χ0) is 15.4. The molecule has 3 heteroatoms. The molecular weight excluding hydrogens is 402 g/mol. The molecule has 23 heavy (non-hydrogen) atoms. The fourth-order valence-corrected chi connectivity index (χ4v) is 1.78. The first kappa shape index (κ1) is 30.5. The van der Waals surface area contributed by atoms with Crippen molar-refractivity contribution in [3.8, 4) is 0 Å². The van der Waals surface area contributed by atoms with Crippen LogP contribution < -0.4 is 24.8 Å². The molecule has 0 radical (unpaired) electrons. The van der Waals surface area contributed by atoms with Gasteiger partial charge in [-0.2, -0.15) is 43.7 Å². The normalized spacial score (nSPS) is 7.39. The first-order valence-corrected chi connectivity index (χ1v) is 6.98. The molecule has 3 rings (SSSR count). The number of halogens is 2. The van der Waals surface area contributed by atoms with Crippen LogP contribution in [0.4, 0.5) is 0 Å². The molecule has 0 bridgehead atoms. The van der Waals surface area contributed by atoms with Gasteiger partial charge in [0.1, 0.15) is 0 Å². The number of benzene rings is 1. The van der Waals surface area contributed by atoms with Crippen LogP contribution in [0.5, 0.6) is 0 Å². The van der Waals surface area contributed by atoms with Crippen molar-refractivity contribution in [2.45, 2.75) is 27.7 Å². The largest absolute Gasteiger partial charge is 4.00 e. The van der Waals surface area contributed by atoms with Crippen LogP contribution in [-0.4, -0.2) is 0 Å². The van der Waals surface area contributed by atoms with Crippen molar-refractivity contribution >= 4 is 10.8 Å². The van der Waals surface area contributed by atoms with Gasteiger partial charge >= 0.3 is 26.2 Å². The standard InChI is InChI=1S/C11H11.C5H5.2C2H5.2ClH.Zr/c1-8-3-5-10-6-4-9(2)11(10)7-8;1-2-4-5-3-1;2*1-2;;;/h3-7H,1-2H3;1-5H;2*1H2,2H3;2*1H;/q4*-1;;;+4/p-2. The Bertz CT molecular complexity index is 537. The second kappa shape index (κ2) is 19.7. The summed E-state index contributed by atoms with van der Waals surface area (Å²) < 4.78 is 0. The molecule has 126 valence electrons. The van der Waals surface area contributed by atoms with Crippen molar-refractivity contribution in [1.29, 1.82) is 0 Å². The minimum Gasteiger partial charge on any atom is -1.00 e. The van der Waals surface area contributed by atoms with Gasteiger partial charge in [0.15, 0.2) is 0 Å². The molecule has 0 atom stereocenters. The van der Waals surface area contributed by atoms with Crippen LogP contribution in [0, 0.1) is 27.7 Å². The Labute approximate surface area is 174 Å². The van der Waals surface area contributed by atoms with Gasteiger partial charge in [-0.3, -0.25) is 0 Å². The van der Waals surface area contributed by atoms with Crippen molar-refractivity contribution in [2.75, 3.05) is 0 Å². The van der Waals surface area contributed by atoms with E-state index in [9.17, 15) is 0 Å². The molecule has 0 aliphatic rings. The van der Waals surface area contributed by atoms with Gasteiger partial charge in [0.2, 0.25) is 0 Å². The van der Waals surface area contributed by atoms with Gasteiger partial charge in [-0.1, -0.05) is 12.5 Å². The Balaban J connectivity index is -0.000000130. The summed E-state index contributed by atoms with van der Waals surface area (Å²) >= 11 is 0. The molecule has 0 heterocycles. The molecule has 0 unspecified atom stereocenters. The minimum absolute atomic E-state index is 0. The zero-order valence-corrected chi connectivity index (χ0v) is 18.4. The van der Waals surface area contributed by atoms with Crippen LogP contribution in [0.1, 0.15) is 25.0 Å². The van der Waals surface area contributed by atoms with Gasteiger partial charge in [0.05, 0.1) is 0 Å². The predicted octanol–water partition coefficient (Wildman–Crippen LogP) is 0.267. The van der Waals surface area contributed by atoms with E-state index in [1.54, 1.807) is 13.8 Å². The van der Waals surface area contributed by atoms with Crippen molar-refractivity contribution in [3.63, 3.8) is 0 Å². The van der Waals surface area contributed by atoms with Gasteiger partial charge < -0.3 is 38.7 Å². The predicted molar refractivity (Wildman–Crippen MR) is 93.1 cm³/mol. The third-order valence-corrected chi connectivity index (χ3v) is 2.70. The first-order chi connectivity index (χ1) is 9.77. The number of fused-ring (bicyclic) bond motifs is 1. The monoisotopic (exact) mass is 426 g/mol. The van der Waals surface area contributed by atoms with Crippen LogP contribution in [0.3, 0.4) is 0 Å². The van der Waals surface area contributed by atoms with Gasteiger partial charge in [-0.25, -0.2) is 12.1 Å². The van der Waals surface area contributed by atoms with E-state index >= 15 is 0 Å². The molecule has 0 nitrogen and oxygen atoms in total. The molecule has 3 aromatic rings. The van der Waals surface area contributed by atoms with E-state index in [4.69, 9.17) is 0 Å². The van der Waals surface area contributed by atoms with Gasteiger partial charge in [0, 0.05) is 0 Å². The quantitative estimate of drug-likeness (QED) is 0.451. The van der Waals surface area contributed by atoms with Gasteiger partial charge in [-0.05, 0) is 6.92 Å². The molecule has 0 saturated carbocycles. The Morgan fingerprint density at radius 1 is 0.870 bits per heavy atom. The molecule has 0 aliphatic heterocycles. The fraction of sp³-hybridized carbons (Fsp3) is 0.200. The molecular formula is C20H26Cl2Zr-2. The SMILES string of the molecule is Cc1ccc2[cH-]cc(C)c2c1.[CH2-]C.[CH2-]C.[Cl-].[Cl-].[Zr+4].c1cc[cH-]c1. The van der Waals surface area contributed by atoms with E-state index in [1.165, 1.54) is 21.9 Å². The maximum absolute atomic E-state index is 3.25. The number of hydrogen-bond donors (Lipinski definition) is 0. The summed E-state index contributed by atoms with van der Waals surface area (Å²) in [6.45, 7) is 14.3. The topological polar surface area (TPSA) is 0 Å². The average molecular weight is 429 g/mol. The second-order valence-corrected chi connectivity index (χ2v) is 4.07.